The Balaban J connectivity index is 2.71. The fraction of sp³-hybridized carbons (Fsp3) is 0. The zero-order valence-electron chi connectivity index (χ0n) is 9.68. The van der Waals surface area contributed by atoms with E-state index in [1.807, 2.05) is 48.5 Å². The van der Waals surface area contributed by atoms with Crippen molar-refractivity contribution in [2.45, 2.75) is 0 Å². The Morgan fingerprint density at radius 1 is 0.833 bits per heavy atom. The minimum Gasteiger partial charge on any atom is -0.298 e. The fourth-order valence-corrected chi connectivity index (χ4v) is 2.44. The quantitative estimate of drug-likeness (QED) is 0.353. The lowest BCUT2D eigenvalue weighted by atomic mass is 9.92. The summed E-state index contributed by atoms with van der Waals surface area (Å²) in [4.78, 5) is 11.4. The van der Waals surface area contributed by atoms with Crippen LogP contribution in [0.1, 0.15) is 15.9 Å². The molecule has 0 aromatic heterocycles. The largest absolute Gasteiger partial charge is 0.298 e. The third-order valence-electron chi connectivity index (χ3n) is 3.24. The summed E-state index contributed by atoms with van der Waals surface area (Å²) < 4.78 is 0. The maximum absolute atomic E-state index is 11.4. The Kier molecular flexibility index (Phi) is 2.35. The SMILES string of the molecule is C#Cc1c2ccccc2c(C=O)c2ccccc12. The lowest BCUT2D eigenvalue weighted by Gasteiger charge is -2.09. The highest BCUT2D eigenvalue weighted by Crippen LogP contribution is 2.31. The van der Waals surface area contributed by atoms with Crippen LogP contribution in [-0.4, -0.2) is 6.29 Å². The number of aldehydes is 1. The molecular weight excluding hydrogens is 220 g/mol. The minimum absolute atomic E-state index is 0.709. The number of carbonyl (C=O) groups excluding carboxylic acids is 1. The van der Waals surface area contributed by atoms with Crippen molar-refractivity contribution in [1.82, 2.24) is 0 Å². The summed E-state index contributed by atoms with van der Waals surface area (Å²) in [5.41, 5.74) is 1.56. The Morgan fingerprint density at radius 2 is 1.28 bits per heavy atom. The second kappa shape index (κ2) is 4.01. The highest BCUT2D eigenvalue weighted by atomic mass is 16.1. The second-order valence-corrected chi connectivity index (χ2v) is 4.14. The van der Waals surface area contributed by atoms with Crippen LogP contribution in [0.2, 0.25) is 0 Å². The van der Waals surface area contributed by atoms with Crippen LogP contribution in [-0.2, 0) is 0 Å². The van der Waals surface area contributed by atoms with Crippen LogP contribution in [0, 0.1) is 12.3 Å². The molecule has 0 heterocycles. The van der Waals surface area contributed by atoms with Gasteiger partial charge in [0, 0.05) is 11.1 Å². The summed E-state index contributed by atoms with van der Waals surface area (Å²) in [6, 6.07) is 15.5. The van der Waals surface area contributed by atoms with Crippen LogP contribution in [0.3, 0.4) is 0 Å². The van der Waals surface area contributed by atoms with Gasteiger partial charge in [-0.05, 0) is 21.5 Å². The van der Waals surface area contributed by atoms with Gasteiger partial charge in [0.15, 0.2) is 6.29 Å². The molecule has 0 N–H and O–H groups in total. The number of terminal acetylenes is 1. The number of benzene rings is 3. The topological polar surface area (TPSA) is 17.1 Å². The van der Waals surface area contributed by atoms with E-state index in [0.29, 0.717) is 5.56 Å². The summed E-state index contributed by atoms with van der Waals surface area (Å²) >= 11 is 0. The number of carbonyl (C=O) groups is 1. The first-order valence-corrected chi connectivity index (χ1v) is 5.72. The standard InChI is InChI=1S/C17H10O/c1-2-12-13-7-3-5-9-15(13)17(11-18)16-10-6-4-8-14(12)16/h1,3-11H. The first-order valence-electron chi connectivity index (χ1n) is 5.72. The molecule has 3 rings (SSSR count). The Bertz CT molecular complexity index is 750. The molecule has 3 aromatic carbocycles. The monoisotopic (exact) mass is 230 g/mol. The molecule has 0 aliphatic rings. The summed E-state index contributed by atoms with van der Waals surface area (Å²) in [7, 11) is 0. The molecule has 0 atom stereocenters. The number of fused-ring (bicyclic) bond motifs is 2. The van der Waals surface area contributed by atoms with Crippen LogP contribution in [0.15, 0.2) is 48.5 Å². The van der Waals surface area contributed by atoms with E-state index in [2.05, 4.69) is 5.92 Å². The molecule has 0 spiro atoms. The molecule has 0 aliphatic heterocycles. The van der Waals surface area contributed by atoms with Gasteiger partial charge in [-0.25, -0.2) is 0 Å². The summed E-state index contributed by atoms with van der Waals surface area (Å²) in [5, 5.41) is 3.75. The van der Waals surface area contributed by atoms with Crippen molar-refractivity contribution >= 4 is 27.8 Å². The van der Waals surface area contributed by atoms with E-state index in [1.54, 1.807) is 0 Å². The lowest BCUT2D eigenvalue weighted by molar-refractivity contribution is 0.112. The Hall–Kier alpha value is -2.59. The number of hydrogen-bond acceptors (Lipinski definition) is 1. The van der Waals surface area contributed by atoms with E-state index in [1.165, 1.54) is 0 Å². The van der Waals surface area contributed by atoms with Gasteiger partial charge in [0.25, 0.3) is 0 Å². The van der Waals surface area contributed by atoms with Crippen LogP contribution < -0.4 is 0 Å². The maximum atomic E-state index is 11.4. The molecule has 0 fully saturated rings. The van der Waals surface area contributed by atoms with Crippen molar-refractivity contribution in [3.8, 4) is 12.3 Å². The highest BCUT2D eigenvalue weighted by molar-refractivity contribution is 6.15. The number of rotatable bonds is 1. The van der Waals surface area contributed by atoms with Gasteiger partial charge in [0.2, 0.25) is 0 Å². The third-order valence-corrected chi connectivity index (χ3v) is 3.24. The van der Waals surface area contributed by atoms with E-state index in [-0.39, 0.29) is 0 Å². The van der Waals surface area contributed by atoms with Crippen LogP contribution in [0.5, 0.6) is 0 Å². The van der Waals surface area contributed by atoms with E-state index in [4.69, 9.17) is 6.42 Å². The molecule has 1 nitrogen and oxygen atoms in total. The average molecular weight is 230 g/mol. The fourth-order valence-electron chi connectivity index (χ4n) is 2.44. The zero-order chi connectivity index (χ0) is 12.5. The van der Waals surface area contributed by atoms with Crippen molar-refractivity contribution < 1.29 is 4.79 Å². The maximum Gasteiger partial charge on any atom is 0.151 e. The van der Waals surface area contributed by atoms with Gasteiger partial charge in [-0.1, -0.05) is 54.5 Å². The predicted octanol–water partition coefficient (Wildman–Crippen LogP) is 3.79. The normalized spacial score (nSPS) is 10.4. The lowest BCUT2D eigenvalue weighted by Crippen LogP contribution is -1.91. The second-order valence-electron chi connectivity index (χ2n) is 4.14. The van der Waals surface area contributed by atoms with Crippen molar-refractivity contribution in [3.63, 3.8) is 0 Å². The number of hydrogen-bond donors (Lipinski definition) is 0. The van der Waals surface area contributed by atoms with Gasteiger partial charge in [-0.2, -0.15) is 0 Å². The van der Waals surface area contributed by atoms with Crippen molar-refractivity contribution in [2.75, 3.05) is 0 Å². The van der Waals surface area contributed by atoms with E-state index < -0.39 is 0 Å². The smallest absolute Gasteiger partial charge is 0.151 e. The van der Waals surface area contributed by atoms with Gasteiger partial charge in [-0.3, -0.25) is 4.79 Å². The molecule has 0 aliphatic carbocycles. The van der Waals surface area contributed by atoms with E-state index in [9.17, 15) is 4.79 Å². The summed E-state index contributed by atoms with van der Waals surface area (Å²) in [6.07, 6.45) is 6.54. The van der Waals surface area contributed by atoms with Crippen LogP contribution in [0.4, 0.5) is 0 Å². The molecule has 0 bridgehead atoms. The molecule has 18 heavy (non-hydrogen) atoms. The van der Waals surface area contributed by atoms with Crippen LogP contribution in [0.25, 0.3) is 21.5 Å². The summed E-state index contributed by atoms with van der Waals surface area (Å²) in [6.45, 7) is 0. The van der Waals surface area contributed by atoms with E-state index >= 15 is 0 Å². The molecule has 0 saturated carbocycles. The van der Waals surface area contributed by atoms with Gasteiger partial charge < -0.3 is 0 Å². The molecule has 0 unspecified atom stereocenters. The average Bonchev–Trinajstić information content (AvgIpc) is 2.44. The zero-order valence-corrected chi connectivity index (χ0v) is 9.68. The van der Waals surface area contributed by atoms with Gasteiger partial charge in [-0.15, -0.1) is 6.42 Å². The predicted molar refractivity (Wildman–Crippen MR) is 74.8 cm³/mol. The molecule has 3 aromatic rings. The van der Waals surface area contributed by atoms with Crippen LogP contribution >= 0.6 is 0 Å². The van der Waals surface area contributed by atoms with Gasteiger partial charge in [0.1, 0.15) is 0 Å². The van der Waals surface area contributed by atoms with Gasteiger partial charge in [0.05, 0.1) is 0 Å². The molecule has 84 valence electrons. The van der Waals surface area contributed by atoms with Crippen molar-refractivity contribution in [2.24, 2.45) is 0 Å². The molecular formula is C17H10O. The van der Waals surface area contributed by atoms with Crippen molar-refractivity contribution in [3.05, 3.63) is 59.7 Å². The highest BCUT2D eigenvalue weighted by Gasteiger charge is 2.10. The summed E-state index contributed by atoms with van der Waals surface area (Å²) in [5.74, 6) is 2.75. The Labute approximate surface area is 105 Å². The molecule has 1 heteroatoms. The van der Waals surface area contributed by atoms with E-state index in [0.717, 1.165) is 33.4 Å². The van der Waals surface area contributed by atoms with Crippen molar-refractivity contribution in [1.29, 1.82) is 0 Å². The first-order chi connectivity index (χ1) is 8.86. The minimum atomic E-state index is 0.709. The molecule has 0 radical (unpaired) electrons. The third kappa shape index (κ3) is 1.33. The molecule has 0 saturated heterocycles. The Morgan fingerprint density at radius 3 is 1.67 bits per heavy atom. The first kappa shape index (κ1) is 10.6. The molecule has 0 amide bonds. The van der Waals surface area contributed by atoms with Gasteiger partial charge >= 0.3 is 0 Å².